The Kier molecular flexibility index (Phi) is 5.27. The second kappa shape index (κ2) is 6.78. The molecule has 0 spiro atoms. The molecule has 0 bridgehead atoms. The molecule has 136 valence electrons. The first kappa shape index (κ1) is 19.4. The zero-order valence-corrected chi connectivity index (χ0v) is 16.5. The minimum absolute atomic E-state index is 0.0294. The first-order valence-electron chi connectivity index (χ1n) is 7.58. The summed E-state index contributed by atoms with van der Waals surface area (Å²) in [5, 5.41) is 0. The van der Waals surface area contributed by atoms with Gasteiger partial charge >= 0.3 is 0 Å². The van der Waals surface area contributed by atoms with Crippen molar-refractivity contribution in [1.29, 1.82) is 0 Å². The second-order valence-electron chi connectivity index (χ2n) is 6.14. The van der Waals surface area contributed by atoms with Crippen molar-refractivity contribution in [2.24, 2.45) is 0 Å². The topological polar surface area (TPSA) is 83.5 Å². The van der Waals surface area contributed by atoms with Gasteiger partial charge in [0, 0.05) is 14.1 Å². The van der Waals surface area contributed by atoms with Gasteiger partial charge in [-0.1, -0.05) is 18.2 Å². The van der Waals surface area contributed by atoms with Gasteiger partial charge in [0.25, 0.3) is 10.0 Å². The average molecular weight is 383 g/mol. The summed E-state index contributed by atoms with van der Waals surface area (Å²) < 4.78 is 53.7. The molecule has 0 amide bonds. The van der Waals surface area contributed by atoms with E-state index >= 15 is 0 Å². The zero-order valence-electron chi connectivity index (χ0n) is 14.9. The SMILES string of the molecule is Cc1ccc(C)c(S(=O)(=O)Nc2cc(S(=O)(=O)N(C)C)ccc2C)c1. The van der Waals surface area contributed by atoms with E-state index in [0.717, 1.165) is 9.87 Å². The fourth-order valence-corrected chi connectivity index (χ4v) is 4.66. The van der Waals surface area contributed by atoms with Gasteiger partial charge in [0.05, 0.1) is 15.5 Å². The van der Waals surface area contributed by atoms with Gasteiger partial charge in [-0.25, -0.2) is 21.1 Å². The molecule has 2 aromatic carbocycles. The van der Waals surface area contributed by atoms with Crippen LogP contribution in [0.3, 0.4) is 0 Å². The number of rotatable bonds is 5. The lowest BCUT2D eigenvalue weighted by Gasteiger charge is -2.16. The summed E-state index contributed by atoms with van der Waals surface area (Å²) in [7, 11) is -4.63. The monoisotopic (exact) mass is 382 g/mol. The first-order chi connectivity index (χ1) is 11.4. The standard InChI is InChI=1S/C17H22N2O4S2/c1-12-6-7-14(3)17(10-12)24(20,21)18-16-11-15(9-8-13(16)2)25(22,23)19(4)5/h6-11,18H,1-5H3. The van der Waals surface area contributed by atoms with Crippen LogP contribution < -0.4 is 4.72 Å². The smallest absolute Gasteiger partial charge is 0.262 e. The molecule has 0 radical (unpaired) electrons. The molecular weight excluding hydrogens is 360 g/mol. The lowest BCUT2D eigenvalue weighted by atomic mass is 10.2. The van der Waals surface area contributed by atoms with Crippen LogP contribution in [0.5, 0.6) is 0 Å². The van der Waals surface area contributed by atoms with Gasteiger partial charge in [-0.05, 0) is 55.7 Å². The van der Waals surface area contributed by atoms with E-state index in [1.165, 1.54) is 26.2 Å². The van der Waals surface area contributed by atoms with Crippen molar-refractivity contribution < 1.29 is 16.8 Å². The lowest BCUT2D eigenvalue weighted by Crippen LogP contribution is -2.22. The molecule has 2 aromatic rings. The molecule has 8 heteroatoms. The minimum Gasteiger partial charge on any atom is -0.279 e. The molecule has 0 saturated carbocycles. The van der Waals surface area contributed by atoms with Crippen LogP contribution in [0.25, 0.3) is 0 Å². The Morgan fingerprint density at radius 3 is 2.04 bits per heavy atom. The van der Waals surface area contributed by atoms with Gasteiger partial charge in [0.15, 0.2) is 0 Å². The highest BCUT2D eigenvalue weighted by Crippen LogP contribution is 2.26. The Morgan fingerprint density at radius 2 is 1.44 bits per heavy atom. The van der Waals surface area contributed by atoms with Gasteiger partial charge in [0.2, 0.25) is 10.0 Å². The predicted octanol–water partition coefficient (Wildman–Crippen LogP) is 2.66. The second-order valence-corrected chi connectivity index (χ2v) is 9.94. The van der Waals surface area contributed by atoms with E-state index in [-0.39, 0.29) is 15.5 Å². The van der Waals surface area contributed by atoms with E-state index in [4.69, 9.17) is 0 Å². The fourth-order valence-electron chi connectivity index (χ4n) is 2.28. The largest absolute Gasteiger partial charge is 0.279 e. The van der Waals surface area contributed by atoms with Crippen LogP contribution in [0.4, 0.5) is 5.69 Å². The minimum atomic E-state index is -3.83. The summed E-state index contributed by atoms with van der Waals surface area (Å²) >= 11 is 0. The van der Waals surface area contributed by atoms with Crippen LogP contribution in [-0.2, 0) is 20.0 Å². The van der Waals surface area contributed by atoms with E-state index < -0.39 is 20.0 Å². The molecule has 0 aliphatic heterocycles. The number of nitrogens with one attached hydrogen (secondary N) is 1. The van der Waals surface area contributed by atoms with Gasteiger partial charge in [-0.2, -0.15) is 0 Å². The van der Waals surface area contributed by atoms with Crippen molar-refractivity contribution >= 4 is 25.7 Å². The van der Waals surface area contributed by atoms with Crippen molar-refractivity contribution in [3.63, 3.8) is 0 Å². The summed E-state index contributed by atoms with van der Waals surface area (Å²) in [4.78, 5) is 0.203. The highest BCUT2D eigenvalue weighted by atomic mass is 32.2. The number of nitrogens with zero attached hydrogens (tertiary/aromatic N) is 1. The van der Waals surface area contributed by atoms with Crippen LogP contribution in [-0.4, -0.2) is 35.2 Å². The fraction of sp³-hybridized carbons (Fsp3) is 0.294. The number of hydrogen-bond donors (Lipinski definition) is 1. The third-order valence-electron chi connectivity index (χ3n) is 3.87. The molecule has 0 fully saturated rings. The lowest BCUT2D eigenvalue weighted by molar-refractivity contribution is 0.520. The maximum Gasteiger partial charge on any atom is 0.262 e. The molecule has 6 nitrogen and oxygen atoms in total. The maximum absolute atomic E-state index is 12.8. The van der Waals surface area contributed by atoms with Gasteiger partial charge in [0.1, 0.15) is 0 Å². The van der Waals surface area contributed by atoms with E-state index in [2.05, 4.69) is 4.72 Å². The first-order valence-corrected chi connectivity index (χ1v) is 10.5. The Hall–Kier alpha value is -1.90. The average Bonchev–Trinajstić information content (AvgIpc) is 2.51. The summed E-state index contributed by atoms with van der Waals surface area (Å²) in [6.45, 7) is 5.24. The number of hydrogen-bond acceptors (Lipinski definition) is 4. The van der Waals surface area contributed by atoms with E-state index in [0.29, 0.717) is 11.1 Å². The van der Waals surface area contributed by atoms with Crippen LogP contribution >= 0.6 is 0 Å². The van der Waals surface area contributed by atoms with Crippen LogP contribution in [0.1, 0.15) is 16.7 Å². The van der Waals surface area contributed by atoms with Crippen molar-refractivity contribution in [1.82, 2.24) is 4.31 Å². The molecule has 0 aliphatic carbocycles. The molecule has 0 aliphatic rings. The molecule has 2 rings (SSSR count). The molecule has 0 saturated heterocycles. The molecule has 0 atom stereocenters. The molecule has 0 heterocycles. The molecule has 1 N–H and O–H groups in total. The number of anilines is 1. The van der Waals surface area contributed by atoms with Gasteiger partial charge in [-0.15, -0.1) is 0 Å². The molecular formula is C17H22N2O4S2. The van der Waals surface area contributed by atoms with Gasteiger partial charge < -0.3 is 0 Å². The summed E-state index contributed by atoms with van der Waals surface area (Å²) in [6.07, 6.45) is 0. The Morgan fingerprint density at radius 1 is 0.840 bits per heavy atom. The van der Waals surface area contributed by atoms with E-state index in [9.17, 15) is 16.8 Å². The third kappa shape index (κ3) is 4.02. The van der Waals surface area contributed by atoms with Crippen molar-refractivity contribution in [3.8, 4) is 0 Å². The van der Waals surface area contributed by atoms with E-state index in [1.807, 2.05) is 13.0 Å². The summed E-state index contributed by atoms with van der Waals surface area (Å²) in [5.41, 5.74) is 2.31. The Bertz CT molecular complexity index is 1010. The summed E-state index contributed by atoms with van der Waals surface area (Å²) in [5.74, 6) is 0. The quantitative estimate of drug-likeness (QED) is 0.862. The highest BCUT2D eigenvalue weighted by molar-refractivity contribution is 7.92. The van der Waals surface area contributed by atoms with E-state index in [1.54, 1.807) is 32.0 Å². The van der Waals surface area contributed by atoms with Crippen molar-refractivity contribution in [3.05, 3.63) is 53.1 Å². The Balaban J connectivity index is 2.51. The van der Waals surface area contributed by atoms with Crippen LogP contribution in [0.15, 0.2) is 46.2 Å². The predicted molar refractivity (Wildman–Crippen MR) is 98.8 cm³/mol. The summed E-state index contributed by atoms with van der Waals surface area (Å²) in [6, 6.07) is 9.55. The highest BCUT2D eigenvalue weighted by Gasteiger charge is 2.21. The molecule has 0 unspecified atom stereocenters. The molecule has 25 heavy (non-hydrogen) atoms. The number of aryl methyl sites for hydroxylation is 3. The zero-order chi connectivity index (χ0) is 19.0. The Labute approximate surface area is 149 Å². The maximum atomic E-state index is 12.8. The number of benzene rings is 2. The van der Waals surface area contributed by atoms with Crippen molar-refractivity contribution in [2.45, 2.75) is 30.6 Å². The van der Waals surface area contributed by atoms with Gasteiger partial charge in [-0.3, -0.25) is 4.72 Å². The van der Waals surface area contributed by atoms with Crippen LogP contribution in [0, 0.1) is 20.8 Å². The molecule has 0 aromatic heterocycles. The number of sulfonamides is 2. The normalized spacial score (nSPS) is 12.4. The third-order valence-corrected chi connectivity index (χ3v) is 7.18. The van der Waals surface area contributed by atoms with Crippen LogP contribution in [0.2, 0.25) is 0 Å². The van der Waals surface area contributed by atoms with Crippen molar-refractivity contribution in [2.75, 3.05) is 18.8 Å².